The zero-order valence-corrected chi connectivity index (χ0v) is 17.7. The number of hydrogen-bond acceptors (Lipinski definition) is 4. The monoisotopic (exact) mass is 428 g/mol. The summed E-state index contributed by atoms with van der Waals surface area (Å²) < 4.78 is 0. The van der Waals surface area contributed by atoms with Gasteiger partial charge >= 0.3 is 0 Å². The van der Waals surface area contributed by atoms with Crippen LogP contribution in [-0.2, 0) is 4.79 Å². The van der Waals surface area contributed by atoms with E-state index in [1.165, 1.54) is 0 Å². The Morgan fingerprint density at radius 2 is 2.00 bits per heavy atom. The van der Waals surface area contributed by atoms with E-state index in [1.807, 2.05) is 41.3 Å². The van der Waals surface area contributed by atoms with Crippen LogP contribution in [0.15, 0.2) is 42.6 Å². The number of nitrogens with zero attached hydrogens (tertiary/aromatic N) is 3. The minimum absolute atomic E-state index is 0.0453. The van der Waals surface area contributed by atoms with Crippen LogP contribution in [0.4, 0.5) is 5.69 Å². The average Bonchev–Trinajstić information content (AvgIpc) is 3.45. The molecule has 1 saturated heterocycles. The van der Waals surface area contributed by atoms with Gasteiger partial charge in [0, 0.05) is 54.2 Å². The van der Waals surface area contributed by atoms with Gasteiger partial charge in [0.25, 0.3) is 5.91 Å². The smallest absolute Gasteiger partial charge is 0.253 e. The van der Waals surface area contributed by atoms with Gasteiger partial charge in [-0.2, -0.15) is 5.10 Å². The Morgan fingerprint density at radius 1 is 1.09 bits per heavy atom. The zero-order valence-electron chi connectivity index (χ0n) is 17.7. The van der Waals surface area contributed by atoms with Gasteiger partial charge in [0.05, 0.1) is 17.6 Å². The fraction of sp³-hybridized carbons (Fsp3) is 0.360. The third-order valence-electron chi connectivity index (χ3n) is 7.22. The van der Waals surface area contributed by atoms with E-state index >= 15 is 0 Å². The number of ketones is 1. The molecule has 2 aliphatic heterocycles. The SMILES string of the molecule is O=C1CCC2CN(C(=O)C3CCCN(C(=O)c4ccc5[nH]ncc5c4)C3)c3cccc1c32. The predicted molar refractivity (Wildman–Crippen MR) is 120 cm³/mol. The molecule has 1 fully saturated rings. The van der Waals surface area contributed by atoms with Crippen molar-refractivity contribution >= 4 is 34.2 Å². The molecule has 3 aliphatic rings. The molecule has 0 spiro atoms. The van der Waals surface area contributed by atoms with Crippen LogP contribution in [0.1, 0.15) is 57.9 Å². The Labute approximate surface area is 185 Å². The van der Waals surface area contributed by atoms with Gasteiger partial charge in [-0.3, -0.25) is 19.5 Å². The van der Waals surface area contributed by atoms with E-state index in [-0.39, 0.29) is 29.4 Å². The zero-order chi connectivity index (χ0) is 21.8. The highest BCUT2D eigenvalue weighted by molar-refractivity contribution is 6.05. The summed E-state index contributed by atoms with van der Waals surface area (Å²) in [5, 5.41) is 7.82. The second-order valence-corrected chi connectivity index (χ2v) is 9.11. The van der Waals surface area contributed by atoms with Crippen molar-refractivity contribution in [1.29, 1.82) is 0 Å². The van der Waals surface area contributed by atoms with E-state index in [0.29, 0.717) is 31.6 Å². The van der Waals surface area contributed by atoms with Crippen molar-refractivity contribution in [3.63, 3.8) is 0 Å². The quantitative estimate of drug-likeness (QED) is 0.677. The molecule has 0 bridgehead atoms. The lowest BCUT2D eigenvalue weighted by Gasteiger charge is -2.34. The molecule has 1 N–H and O–H groups in total. The third-order valence-corrected chi connectivity index (χ3v) is 7.22. The topological polar surface area (TPSA) is 86.4 Å². The number of nitrogens with one attached hydrogen (secondary N) is 1. The lowest BCUT2D eigenvalue weighted by Crippen LogP contribution is -2.46. The van der Waals surface area contributed by atoms with Crippen LogP contribution in [0.2, 0.25) is 0 Å². The van der Waals surface area contributed by atoms with Gasteiger partial charge in [-0.15, -0.1) is 0 Å². The lowest BCUT2D eigenvalue weighted by molar-refractivity contribution is -0.123. The Hall–Kier alpha value is -3.48. The van der Waals surface area contributed by atoms with E-state index in [0.717, 1.165) is 47.0 Å². The number of likely N-dealkylation sites (tertiary alicyclic amines) is 1. The first-order valence-corrected chi connectivity index (χ1v) is 11.3. The largest absolute Gasteiger partial charge is 0.338 e. The van der Waals surface area contributed by atoms with E-state index < -0.39 is 0 Å². The number of H-pyrrole nitrogens is 1. The normalized spacial score (nSPS) is 22.3. The summed E-state index contributed by atoms with van der Waals surface area (Å²) in [5.41, 5.74) is 4.23. The number of aromatic amines is 1. The highest BCUT2D eigenvalue weighted by atomic mass is 16.2. The number of carbonyl (C=O) groups excluding carboxylic acids is 3. The number of benzene rings is 2. The van der Waals surface area contributed by atoms with Gasteiger partial charge in [-0.25, -0.2) is 0 Å². The molecule has 0 radical (unpaired) electrons. The molecule has 7 heteroatoms. The fourth-order valence-electron chi connectivity index (χ4n) is 5.60. The van der Waals surface area contributed by atoms with Gasteiger partial charge in [-0.1, -0.05) is 12.1 Å². The first-order valence-electron chi connectivity index (χ1n) is 11.3. The maximum absolute atomic E-state index is 13.6. The van der Waals surface area contributed by atoms with Crippen molar-refractivity contribution in [2.24, 2.45) is 5.92 Å². The standard InChI is InChI=1S/C25H24N4O3/c30-22-9-7-16-14-29(21-5-1-4-19(22)23(16)21)25(32)17-3-2-10-28(13-17)24(31)15-6-8-20-18(11-15)12-26-27-20/h1,4-6,8,11-12,16-17H,2-3,7,9-10,13-14H2,(H,26,27). The third kappa shape index (κ3) is 2.95. The molecule has 6 rings (SSSR count). The fourth-order valence-corrected chi connectivity index (χ4v) is 5.60. The molecule has 3 heterocycles. The number of piperidine rings is 1. The molecule has 0 saturated carbocycles. The summed E-state index contributed by atoms with van der Waals surface area (Å²) in [6.07, 6.45) is 4.65. The van der Waals surface area contributed by atoms with Crippen molar-refractivity contribution < 1.29 is 14.4 Å². The maximum atomic E-state index is 13.6. The van der Waals surface area contributed by atoms with E-state index in [4.69, 9.17) is 0 Å². The van der Waals surface area contributed by atoms with Crippen LogP contribution in [0.25, 0.3) is 10.9 Å². The van der Waals surface area contributed by atoms with Crippen molar-refractivity contribution in [3.8, 4) is 0 Å². The number of rotatable bonds is 2. The molecule has 2 amide bonds. The molecule has 32 heavy (non-hydrogen) atoms. The van der Waals surface area contributed by atoms with Crippen LogP contribution in [-0.4, -0.2) is 52.3 Å². The molecular formula is C25H24N4O3. The van der Waals surface area contributed by atoms with E-state index in [2.05, 4.69) is 10.2 Å². The number of carbonyl (C=O) groups is 3. The van der Waals surface area contributed by atoms with Crippen molar-refractivity contribution in [3.05, 3.63) is 59.3 Å². The number of amides is 2. The predicted octanol–water partition coefficient (Wildman–Crippen LogP) is 3.52. The first kappa shape index (κ1) is 19.2. The second-order valence-electron chi connectivity index (χ2n) is 9.11. The molecule has 2 unspecified atom stereocenters. The number of anilines is 1. The number of Topliss-reactive ketones (excluding diaryl/α,β-unsaturated/α-hetero) is 1. The molecule has 7 nitrogen and oxygen atoms in total. The van der Waals surface area contributed by atoms with Crippen LogP contribution in [0.5, 0.6) is 0 Å². The van der Waals surface area contributed by atoms with Gasteiger partial charge in [0.15, 0.2) is 5.78 Å². The Bertz CT molecular complexity index is 1260. The average molecular weight is 428 g/mol. The Balaban J connectivity index is 1.23. The van der Waals surface area contributed by atoms with Gasteiger partial charge in [0.1, 0.15) is 0 Å². The molecule has 1 aliphatic carbocycles. The number of hydrogen-bond donors (Lipinski definition) is 1. The van der Waals surface area contributed by atoms with Crippen LogP contribution < -0.4 is 4.90 Å². The van der Waals surface area contributed by atoms with E-state index in [9.17, 15) is 14.4 Å². The number of fused-ring (bicyclic) bond motifs is 1. The van der Waals surface area contributed by atoms with Crippen molar-refractivity contribution in [1.82, 2.24) is 15.1 Å². The first-order chi connectivity index (χ1) is 15.6. The summed E-state index contributed by atoms with van der Waals surface area (Å²) in [4.78, 5) is 42.8. The van der Waals surface area contributed by atoms with Crippen LogP contribution in [0, 0.1) is 5.92 Å². The highest BCUT2D eigenvalue weighted by Gasteiger charge is 2.41. The minimum atomic E-state index is -0.225. The molecule has 3 aromatic rings. The van der Waals surface area contributed by atoms with Gasteiger partial charge in [0.2, 0.25) is 5.91 Å². The molecule has 162 valence electrons. The van der Waals surface area contributed by atoms with Crippen LogP contribution in [0.3, 0.4) is 0 Å². The molecule has 1 aromatic heterocycles. The maximum Gasteiger partial charge on any atom is 0.253 e. The lowest BCUT2D eigenvalue weighted by atomic mass is 9.83. The van der Waals surface area contributed by atoms with Gasteiger partial charge in [-0.05, 0) is 49.1 Å². The van der Waals surface area contributed by atoms with E-state index in [1.54, 1.807) is 11.1 Å². The Kier molecular flexibility index (Phi) is 4.38. The minimum Gasteiger partial charge on any atom is -0.338 e. The summed E-state index contributed by atoms with van der Waals surface area (Å²) in [5.74, 6) is 0.221. The van der Waals surface area contributed by atoms with Crippen molar-refractivity contribution in [2.75, 3.05) is 24.5 Å². The van der Waals surface area contributed by atoms with Gasteiger partial charge < -0.3 is 9.80 Å². The highest BCUT2D eigenvalue weighted by Crippen LogP contribution is 2.45. The summed E-state index contributed by atoms with van der Waals surface area (Å²) in [6, 6.07) is 11.2. The summed E-state index contributed by atoms with van der Waals surface area (Å²) in [6.45, 7) is 1.72. The molecule has 2 aromatic carbocycles. The Morgan fingerprint density at radius 3 is 2.91 bits per heavy atom. The summed E-state index contributed by atoms with van der Waals surface area (Å²) in [7, 11) is 0. The van der Waals surface area contributed by atoms with Crippen LogP contribution >= 0.6 is 0 Å². The second kappa shape index (κ2) is 7.29. The van der Waals surface area contributed by atoms with Crippen molar-refractivity contribution in [2.45, 2.75) is 31.6 Å². The number of aromatic nitrogens is 2. The molecular weight excluding hydrogens is 404 g/mol. The summed E-state index contributed by atoms with van der Waals surface area (Å²) >= 11 is 0. The molecule has 2 atom stereocenters.